The van der Waals surface area contributed by atoms with Gasteiger partial charge in [-0.05, 0) is 30.2 Å². The lowest BCUT2D eigenvalue weighted by Gasteiger charge is -2.08. The summed E-state index contributed by atoms with van der Waals surface area (Å²) in [5.41, 5.74) is 3.16. The summed E-state index contributed by atoms with van der Waals surface area (Å²) in [6.45, 7) is 2.02. The van der Waals surface area contributed by atoms with E-state index in [0.29, 0.717) is 29.5 Å². The highest BCUT2D eigenvalue weighted by Gasteiger charge is 2.38. The van der Waals surface area contributed by atoms with Crippen LogP contribution in [0.4, 0.5) is 18.3 Å². The Kier molecular flexibility index (Phi) is 9.36. The Bertz CT molecular complexity index is 1120. The highest BCUT2D eigenvalue weighted by molar-refractivity contribution is 7.15. The Morgan fingerprint density at radius 1 is 1.00 bits per heavy atom. The molecule has 1 heterocycles. The number of hydrogen-bond donors (Lipinski definition) is 2. The van der Waals surface area contributed by atoms with Gasteiger partial charge in [-0.15, -0.1) is 10.2 Å². The van der Waals surface area contributed by atoms with E-state index in [4.69, 9.17) is 19.4 Å². The highest BCUT2D eigenvalue weighted by atomic mass is 32.1. The lowest BCUT2D eigenvalue weighted by Crippen LogP contribution is -2.21. The van der Waals surface area contributed by atoms with Crippen molar-refractivity contribution in [1.82, 2.24) is 10.2 Å². The van der Waals surface area contributed by atoms with Gasteiger partial charge in [-0.2, -0.15) is 13.2 Å². The van der Waals surface area contributed by atoms with E-state index < -0.39 is 12.1 Å². The third-order valence-corrected chi connectivity index (χ3v) is 5.08. The van der Waals surface area contributed by atoms with E-state index in [-0.39, 0.29) is 5.91 Å². The molecule has 0 saturated carbocycles. The third-order valence-electron chi connectivity index (χ3n) is 4.24. The fraction of sp³-hybridized carbons (Fsp3) is 0.273. The number of amides is 1. The van der Waals surface area contributed by atoms with Gasteiger partial charge in [0.25, 0.3) is 0 Å². The summed E-state index contributed by atoms with van der Waals surface area (Å²) in [7, 11) is 3.21. The first-order valence-electron chi connectivity index (χ1n) is 9.70. The van der Waals surface area contributed by atoms with Crippen molar-refractivity contribution in [1.29, 1.82) is 0 Å². The molecule has 0 atom stereocenters. The number of carbonyl (C=O) groups is 2. The van der Waals surface area contributed by atoms with Gasteiger partial charge < -0.3 is 19.9 Å². The molecule has 34 heavy (non-hydrogen) atoms. The maximum Gasteiger partial charge on any atom is 0.490 e. The lowest BCUT2D eigenvalue weighted by molar-refractivity contribution is -0.192. The number of carboxylic acid groups (broad SMARTS) is 1. The summed E-state index contributed by atoms with van der Waals surface area (Å²) in [6, 6.07) is 13.6. The smallest absolute Gasteiger partial charge is 0.490 e. The minimum atomic E-state index is -5.08. The topological polar surface area (TPSA) is 111 Å². The third kappa shape index (κ3) is 8.35. The molecule has 1 aromatic heterocycles. The van der Waals surface area contributed by atoms with Gasteiger partial charge in [-0.1, -0.05) is 47.2 Å². The molecule has 2 aromatic carbocycles. The Hall–Kier alpha value is -3.67. The molecule has 0 fully saturated rings. The molecule has 0 aliphatic rings. The lowest BCUT2D eigenvalue weighted by atomic mass is 10.1. The van der Waals surface area contributed by atoms with Crippen molar-refractivity contribution in [2.24, 2.45) is 0 Å². The van der Waals surface area contributed by atoms with Gasteiger partial charge in [0.2, 0.25) is 11.0 Å². The second-order valence-electron chi connectivity index (χ2n) is 6.88. The van der Waals surface area contributed by atoms with Gasteiger partial charge in [0.05, 0.1) is 20.6 Å². The van der Waals surface area contributed by atoms with Gasteiger partial charge in [0.1, 0.15) is 5.01 Å². The molecule has 2 N–H and O–H groups in total. The summed E-state index contributed by atoms with van der Waals surface area (Å²) < 4.78 is 42.3. The van der Waals surface area contributed by atoms with Crippen molar-refractivity contribution < 1.29 is 37.3 Å². The molecule has 0 unspecified atom stereocenters. The van der Waals surface area contributed by atoms with E-state index in [1.165, 1.54) is 16.9 Å². The number of halogens is 3. The highest BCUT2D eigenvalue weighted by Crippen LogP contribution is 2.29. The molecule has 3 rings (SSSR count). The van der Waals surface area contributed by atoms with Crippen LogP contribution in [0.5, 0.6) is 11.5 Å². The number of methoxy groups -OCH3 is 2. The van der Waals surface area contributed by atoms with E-state index in [1.54, 1.807) is 14.2 Å². The van der Waals surface area contributed by atoms with Crippen molar-refractivity contribution in [2.45, 2.75) is 25.9 Å². The Morgan fingerprint density at radius 2 is 1.59 bits per heavy atom. The van der Waals surface area contributed by atoms with Gasteiger partial charge >= 0.3 is 12.1 Å². The summed E-state index contributed by atoms with van der Waals surface area (Å²) in [5, 5.41) is 19.5. The predicted octanol–water partition coefficient (Wildman–Crippen LogP) is 4.27. The first kappa shape index (κ1) is 26.6. The number of rotatable bonds is 7. The Morgan fingerprint density at radius 3 is 2.15 bits per heavy atom. The van der Waals surface area contributed by atoms with Crippen LogP contribution in [0, 0.1) is 6.92 Å². The average molecular weight is 497 g/mol. The first-order valence-corrected chi connectivity index (χ1v) is 10.5. The number of carboxylic acids is 1. The molecule has 0 bridgehead atoms. The maximum absolute atomic E-state index is 12.2. The zero-order chi connectivity index (χ0) is 25.3. The molecule has 8 nitrogen and oxygen atoms in total. The molecule has 0 radical (unpaired) electrons. The second kappa shape index (κ2) is 12.0. The van der Waals surface area contributed by atoms with Crippen LogP contribution in [0.3, 0.4) is 0 Å². The van der Waals surface area contributed by atoms with Gasteiger partial charge in [-0.25, -0.2) is 4.79 Å². The quantitative estimate of drug-likeness (QED) is 0.502. The van der Waals surface area contributed by atoms with Crippen LogP contribution < -0.4 is 14.8 Å². The van der Waals surface area contributed by atoms with Crippen LogP contribution in [-0.2, 0) is 22.4 Å². The monoisotopic (exact) mass is 497 g/mol. The summed E-state index contributed by atoms with van der Waals surface area (Å²) >= 11 is 1.37. The van der Waals surface area contributed by atoms with E-state index in [1.807, 2.05) is 49.4 Å². The summed E-state index contributed by atoms with van der Waals surface area (Å²) in [4.78, 5) is 21.1. The molecule has 0 saturated heterocycles. The van der Waals surface area contributed by atoms with Crippen LogP contribution >= 0.6 is 11.3 Å². The fourth-order valence-corrected chi connectivity index (χ4v) is 3.39. The number of benzene rings is 2. The van der Waals surface area contributed by atoms with Crippen LogP contribution in [-0.4, -0.2) is 47.6 Å². The number of aliphatic carboxylic acids is 1. The molecule has 182 valence electrons. The largest absolute Gasteiger partial charge is 0.493 e. The average Bonchev–Trinajstić information content (AvgIpc) is 3.21. The standard InChI is InChI=1S/C20H21N3O3S.C2HF3O2/c1-13-4-6-14(7-5-13)11-18(24)21-20-23-22-19(27-20)12-15-8-9-16(25-2)17(10-15)26-3;3-2(4,5)1(6)7/h4-10H,11-12H2,1-3H3,(H,21,23,24);(H,6,7). The van der Waals surface area contributed by atoms with Gasteiger partial charge in [0, 0.05) is 6.42 Å². The number of nitrogens with zero attached hydrogens (tertiary/aromatic N) is 2. The molecule has 0 aliphatic heterocycles. The number of alkyl halides is 3. The van der Waals surface area contributed by atoms with Crippen molar-refractivity contribution >= 4 is 28.3 Å². The normalized spacial score (nSPS) is 10.6. The Balaban J connectivity index is 0.000000509. The minimum absolute atomic E-state index is 0.104. The number of carbonyl (C=O) groups excluding carboxylic acids is 1. The van der Waals surface area contributed by atoms with E-state index >= 15 is 0 Å². The zero-order valence-corrected chi connectivity index (χ0v) is 19.3. The first-order chi connectivity index (χ1) is 16.0. The maximum atomic E-state index is 12.2. The molecular weight excluding hydrogens is 475 g/mol. The molecule has 0 spiro atoms. The zero-order valence-electron chi connectivity index (χ0n) is 18.5. The molecule has 3 aromatic rings. The van der Waals surface area contributed by atoms with E-state index in [0.717, 1.165) is 16.1 Å². The van der Waals surface area contributed by atoms with E-state index in [2.05, 4.69) is 15.5 Å². The molecular formula is C22H22F3N3O5S. The van der Waals surface area contributed by atoms with Crippen molar-refractivity contribution in [3.05, 3.63) is 64.2 Å². The van der Waals surface area contributed by atoms with Crippen molar-refractivity contribution in [3.63, 3.8) is 0 Å². The minimum Gasteiger partial charge on any atom is -0.493 e. The van der Waals surface area contributed by atoms with Crippen molar-refractivity contribution in [3.8, 4) is 11.5 Å². The van der Waals surface area contributed by atoms with Crippen LogP contribution in [0.1, 0.15) is 21.7 Å². The number of hydrogen-bond acceptors (Lipinski definition) is 7. The number of aromatic nitrogens is 2. The second-order valence-corrected chi connectivity index (χ2v) is 7.94. The van der Waals surface area contributed by atoms with Gasteiger partial charge in [0.15, 0.2) is 11.5 Å². The molecule has 12 heteroatoms. The SMILES string of the molecule is COc1ccc(Cc2nnc(NC(=O)Cc3ccc(C)cc3)s2)cc1OC.O=C(O)C(F)(F)F. The van der Waals surface area contributed by atoms with Crippen LogP contribution in [0.25, 0.3) is 0 Å². The van der Waals surface area contributed by atoms with E-state index in [9.17, 15) is 18.0 Å². The van der Waals surface area contributed by atoms with Crippen LogP contribution in [0.2, 0.25) is 0 Å². The fourth-order valence-electron chi connectivity index (χ4n) is 2.60. The number of ether oxygens (including phenoxy) is 2. The number of nitrogens with one attached hydrogen (secondary N) is 1. The van der Waals surface area contributed by atoms with Gasteiger partial charge in [-0.3, -0.25) is 4.79 Å². The molecule has 0 aliphatic carbocycles. The Labute approximate surface area is 197 Å². The van der Waals surface area contributed by atoms with Crippen LogP contribution in [0.15, 0.2) is 42.5 Å². The number of anilines is 1. The summed E-state index contributed by atoms with van der Waals surface area (Å²) in [5.74, 6) is -1.51. The van der Waals surface area contributed by atoms with Crippen molar-refractivity contribution in [2.75, 3.05) is 19.5 Å². The summed E-state index contributed by atoms with van der Waals surface area (Å²) in [6.07, 6.45) is -4.17. The molecule has 1 amide bonds. The number of aryl methyl sites for hydroxylation is 1. The predicted molar refractivity (Wildman–Crippen MR) is 119 cm³/mol.